The Morgan fingerprint density at radius 3 is 1.67 bits per heavy atom. The van der Waals surface area contributed by atoms with E-state index in [1.807, 2.05) is 12.2 Å². The van der Waals surface area contributed by atoms with Gasteiger partial charge in [-0.25, -0.2) is 0 Å². The second-order valence-corrected chi connectivity index (χ2v) is 11.1. The predicted octanol–water partition coefficient (Wildman–Crippen LogP) is 8.09. The highest BCUT2D eigenvalue weighted by molar-refractivity contribution is 5.76. The molecule has 0 saturated heterocycles. The Balaban J connectivity index is 3.85. The van der Waals surface area contributed by atoms with E-state index in [1.165, 1.54) is 89.9 Å². The number of rotatable bonds is 28. The molecule has 0 aliphatic heterocycles. The average molecular weight is 550 g/mol. The van der Waals surface area contributed by atoms with Crippen LogP contribution in [0.5, 0.6) is 0 Å². The first-order chi connectivity index (χ1) is 19.0. The lowest BCUT2D eigenvalue weighted by Crippen LogP contribution is -2.45. The normalized spacial score (nSPS) is 14.5. The molecular formula is C34H63NO4. The molecule has 0 aliphatic rings. The summed E-state index contributed by atoms with van der Waals surface area (Å²) in [5, 5.41) is 32.7. The van der Waals surface area contributed by atoms with Gasteiger partial charge in [0.1, 0.15) is 0 Å². The lowest BCUT2D eigenvalue weighted by molar-refractivity contribution is -0.124. The Bertz CT molecular complexity index is 616. The predicted molar refractivity (Wildman–Crippen MR) is 167 cm³/mol. The number of carbonyl (C=O) groups excluding carboxylic acids is 1. The summed E-state index contributed by atoms with van der Waals surface area (Å²) in [6.07, 6.45) is 34.3. The van der Waals surface area contributed by atoms with Crippen molar-refractivity contribution < 1.29 is 20.1 Å². The first-order valence-electron chi connectivity index (χ1n) is 16.3. The fourth-order valence-electron chi connectivity index (χ4n) is 4.59. The van der Waals surface area contributed by atoms with Crippen LogP contribution in [0.25, 0.3) is 0 Å². The van der Waals surface area contributed by atoms with Gasteiger partial charge in [-0.15, -0.1) is 0 Å². The Hall–Kier alpha value is -1.43. The molecular weight excluding hydrogens is 486 g/mol. The number of hydrogen-bond donors (Lipinski definition) is 4. The van der Waals surface area contributed by atoms with Crippen molar-refractivity contribution in [3.63, 3.8) is 0 Å². The molecule has 4 N–H and O–H groups in total. The molecule has 0 aromatic heterocycles. The van der Waals surface area contributed by atoms with Crippen LogP contribution in [0.1, 0.15) is 149 Å². The van der Waals surface area contributed by atoms with Crippen LogP contribution >= 0.6 is 0 Å². The summed E-state index contributed by atoms with van der Waals surface area (Å²) < 4.78 is 0. The van der Waals surface area contributed by atoms with Crippen LogP contribution in [-0.4, -0.2) is 46.1 Å². The maximum absolute atomic E-state index is 12.2. The van der Waals surface area contributed by atoms with E-state index in [9.17, 15) is 20.1 Å². The van der Waals surface area contributed by atoms with Gasteiger partial charge in [-0.1, -0.05) is 134 Å². The largest absolute Gasteiger partial charge is 0.394 e. The van der Waals surface area contributed by atoms with E-state index in [0.717, 1.165) is 32.1 Å². The lowest BCUT2D eigenvalue weighted by Gasteiger charge is -2.20. The topological polar surface area (TPSA) is 89.8 Å². The molecule has 5 nitrogen and oxygen atoms in total. The van der Waals surface area contributed by atoms with Crippen molar-refractivity contribution in [3.05, 3.63) is 36.5 Å². The minimum absolute atomic E-state index is 0.0446. The first kappa shape index (κ1) is 37.6. The number of carbonyl (C=O) groups is 1. The zero-order valence-electron chi connectivity index (χ0n) is 25.5. The van der Waals surface area contributed by atoms with Crippen molar-refractivity contribution in [2.24, 2.45) is 0 Å². The van der Waals surface area contributed by atoms with Gasteiger partial charge in [-0.05, 0) is 44.9 Å². The molecule has 0 fully saturated rings. The Morgan fingerprint density at radius 2 is 1.10 bits per heavy atom. The van der Waals surface area contributed by atoms with Crippen molar-refractivity contribution in [1.29, 1.82) is 0 Å². The number of aliphatic hydroxyl groups is 3. The van der Waals surface area contributed by atoms with Gasteiger partial charge in [0, 0.05) is 0 Å². The van der Waals surface area contributed by atoms with Crippen LogP contribution in [0, 0.1) is 0 Å². The highest BCUT2D eigenvalue weighted by atomic mass is 16.3. The summed E-state index contributed by atoms with van der Waals surface area (Å²) in [6, 6.07) is -0.772. The second kappa shape index (κ2) is 29.6. The number of nitrogens with one attached hydrogen (secondary N) is 1. The van der Waals surface area contributed by atoms with Gasteiger partial charge >= 0.3 is 0 Å². The smallest absolute Gasteiger partial charge is 0.223 e. The Morgan fingerprint density at radius 1 is 0.641 bits per heavy atom. The molecule has 39 heavy (non-hydrogen) atoms. The van der Waals surface area contributed by atoms with Crippen LogP contribution in [0.3, 0.4) is 0 Å². The Labute approximate surface area is 241 Å². The highest BCUT2D eigenvalue weighted by Gasteiger charge is 2.19. The second-order valence-electron chi connectivity index (χ2n) is 11.1. The minimum Gasteiger partial charge on any atom is -0.394 e. The molecule has 0 rings (SSSR count). The van der Waals surface area contributed by atoms with Crippen LogP contribution in [0.4, 0.5) is 0 Å². The molecule has 0 radical (unpaired) electrons. The van der Waals surface area contributed by atoms with Crippen molar-refractivity contribution in [3.8, 4) is 0 Å². The van der Waals surface area contributed by atoms with E-state index >= 15 is 0 Å². The van der Waals surface area contributed by atoms with E-state index < -0.39 is 18.2 Å². The molecule has 3 atom stereocenters. The molecule has 0 aromatic rings. The standard InChI is InChI=1S/C34H63NO4/c1-3-5-7-9-11-12-13-14-15-16-17-18-19-20-22-24-26-28-33(38)32(30-36)35-34(39)29-31(37)27-25-23-21-10-8-6-4-2/h19-20,23,25-26,28,31-33,36-38H,3-18,21-22,24,27,29-30H2,1-2H3,(H,35,39)/b20-19+,25-23-,28-26+. The number of aliphatic hydroxyl groups excluding tert-OH is 3. The van der Waals surface area contributed by atoms with E-state index in [4.69, 9.17) is 0 Å². The zero-order chi connectivity index (χ0) is 28.8. The van der Waals surface area contributed by atoms with Gasteiger partial charge in [-0.3, -0.25) is 4.79 Å². The molecule has 228 valence electrons. The van der Waals surface area contributed by atoms with Gasteiger partial charge in [-0.2, -0.15) is 0 Å². The first-order valence-corrected chi connectivity index (χ1v) is 16.3. The van der Waals surface area contributed by atoms with Gasteiger partial charge in [0.15, 0.2) is 0 Å². The fourth-order valence-corrected chi connectivity index (χ4v) is 4.59. The third kappa shape index (κ3) is 26.6. The molecule has 0 bridgehead atoms. The number of unbranched alkanes of at least 4 members (excludes halogenated alkanes) is 16. The molecule has 3 unspecified atom stereocenters. The molecule has 0 heterocycles. The number of amides is 1. The number of allylic oxidation sites excluding steroid dienone is 4. The van der Waals surface area contributed by atoms with E-state index in [1.54, 1.807) is 6.08 Å². The molecule has 1 amide bonds. The summed E-state index contributed by atoms with van der Waals surface area (Å²) in [5.41, 5.74) is 0. The van der Waals surface area contributed by atoms with Crippen LogP contribution in [0.2, 0.25) is 0 Å². The van der Waals surface area contributed by atoms with E-state index in [2.05, 4.69) is 37.4 Å². The van der Waals surface area contributed by atoms with E-state index in [0.29, 0.717) is 6.42 Å². The highest BCUT2D eigenvalue weighted by Crippen LogP contribution is 2.12. The average Bonchev–Trinajstić information content (AvgIpc) is 2.92. The summed E-state index contributed by atoms with van der Waals surface area (Å²) >= 11 is 0. The zero-order valence-corrected chi connectivity index (χ0v) is 25.5. The van der Waals surface area contributed by atoms with Crippen LogP contribution in [-0.2, 0) is 4.79 Å². The quantitative estimate of drug-likeness (QED) is 0.0586. The lowest BCUT2D eigenvalue weighted by atomic mass is 10.1. The molecule has 5 heteroatoms. The third-order valence-electron chi connectivity index (χ3n) is 7.15. The molecule has 0 saturated carbocycles. The molecule has 0 aromatic carbocycles. The Kier molecular flexibility index (Phi) is 28.5. The molecule has 0 aliphatic carbocycles. The maximum Gasteiger partial charge on any atom is 0.223 e. The van der Waals surface area contributed by atoms with Gasteiger partial charge in [0.2, 0.25) is 5.91 Å². The van der Waals surface area contributed by atoms with Crippen molar-refractivity contribution in [2.75, 3.05) is 6.61 Å². The van der Waals surface area contributed by atoms with Crippen LogP contribution in [0.15, 0.2) is 36.5 Å². The van der Waals surface area contributed by atoms with Crippen molar-refractivity contribution in [1.82, 2.24) is 5.32 Å². The van der Waals surface area contributed by atoms with Gasteiger partial charge in [0.25, 0.3) is 0 Å². The molecule has 0 spiro atoms. The SMILES string of the molecule is CCCCCC/C=C\CC(O)CC(=O)NC(CO)C(O)/C=C/CC/C=C/CCCCCCCCCCCCC. The fraction of sp³-hybridized carbons (Fsp3) is 0.794. The van der Waals surface area contributed by atoms with Gasteiger partial charge < -0.3 is 20.6 Å². The monoisotopic (exact) mass is 549 g/mol. The van der Waals surface area contributed by atoms with E-state index in [-0.39, 0.29) is 18.9 Å². The summed E-state index contributed by atoms with van der Waals surface area (Å²) in [5.74, 6) is -0.365. The minimum atomic E-state index is -0.959. The third-order valence-corrected chi connectivity index (χ3v) is 7.15. The summed E-state index contributed by atoms with van der Waals surface area (Å²) in [7, 11) is 0. The summed E-state index contributed by atoms with van der Waals surface area (Å²) in [4.78, 5) is 12.2. The number of hydrogen-bond acceptors (Lipinski definition) is 4. The van der Waals surface area contributed by atoms with Crippen molar-refractivity contribution >= 4 is 5.91 Å². The van der Waals surface area contributed by atoms with Crippen molar-refractivity contribution in [2.45, 2.75) is 167 Å². The maximum atomic E-state index is 12.2. The van der Waals surface area contributed by atoms with Gasteiger partial charge in [0.05, 0.1) is 31.3 Å². The summed E-state index contributed by atoms with van der Waals surface area (Å²) in [6.45, 7) is 4.10. The van der Waals surface area contributed by atoms with Crippen LogP contribution < -0.4 is 5.32 Å².